The largest absolute Gasteiger partial charge is 0.381 e. The van der Waals surface area contributed by atoms with Crippen molar-refractivity contribution >= 4 is 28.8 Å². The summed E-state index contributed by atoms with van der Waals surface area (Å²) in [7, 11) is 0. The van der Waals surface area contributed by atoms with E-state index in [-0.39, 0.29) is 5.91 Å². The molecule has 1 saturated heterocycles. The Morgan fingerprint density at radius 2 is 2.50 bits per heavy atom. The van der Waals surface area contributed by atoms with Crippen molar-refractivity contribution in [2.45, 2.75) is 12.8 Å². The van der Waals surface area contributed by atoms with Crippen LogP contribution in [-0.4, -0.2) is 25.7 Å². The summed E-state index contributed by atoms with van der Waals surface area (Å²) in [5.74, 6) is 0.572. The predicted molar refractivity (Wildman–Crippen MR) is 65.2 cm³/mol. The van der Waals surface area contributed by atoms with Gasteiger partial charge in [-0.05, 0) is 30.9 Å². The van der Waals surface area contributed by atoms with Gasteiger partial charge in [0.05, 0.1) is 9.21 Å². The monoisotopic (exact) mass is 259 g/mol. The Bertz CT molecular complexity index is 361. The highest BCUT2D eigenvalue weighted by Gasteiger charge is 2.15. The smallest absolute Gasteiger partial charge is 0.261 e. The van der Waals surface area contributed by atoms with E-state index < -0.39 is 0 Å². The molecule has 2 heterocycles. The third kappa shape index (κ3) is 3.20. The second-order valence-corrected chi connectivity index (χ2v) is 5.59. The van der Waals surface area contributed by atoms with Gasteiger partial charge in [0.1, 0.15) is 0 Å². The molecule has 1 amide bonds. The first-order valence-electron chi connectivity index (χ1n) is 5.37. The maximum Gasteiger partial charge on any atom is 0.261 e. The summed E-state index contributed by atoms with van der Waals surface area (Å²) in [5, 5.41) is 2.90. The fourth-order valence-corrected chi connectivity index (χ4v) is 2.68. The van der Waals surface area contributed by atoms with Crippen LogP contribution in [-0.2, 0) is 4.74 Å². The summed E-state index contributed by atoms with van der Waals surface area (Å²) in [6, 6.07) is 3.49. The molecule has 0 radical (unpaired) electrons. The molecule has 2 rings (SSSR count). The Hall–Kier alpha value is -0.580. The van der Waals surface area contributed by atoms with E-state index in [0.29, 0.717) is 21.7 Å². The normalized spacial score (nSPS) is 19.9. The predicted octanol–water partition coefficient (Wildman–Crippen LogP) is 2.56. The highest BCUT2D eigenvalue weighted by molar-refractivity contribution is 7.17. The number of ether oxygens (including phenoxy) is 1. The molecule has 1 aromatic heterocycles. The molecule has 0 unspecified atom stereocenters. The minimum absolute atomic E-state index is 0.0317. The third-order valence-corrected chi connectivity index (χ3v) is 3.89. The van der Waals surface area contributed by atoms with Crippen molar-refractivity contribution in [3.63, 3.8) is 0 Å². The third-order valence-electron chi connectivity index (χ3n) is 2.66. The molecule has 1 aromatic rings. The summed E-state index contributed by atoms with van der Waals surface area (Å²) >= 11 is 7.07. The van der Waals surface area contributed by atoms with E-state index in [1.807, 2.05) is 0 Å². The Balaban J connectivity index is 1.71. The second-order valence-electron chi connectivity index (χ2n) is 3.88. The van der Waals surface area contributed by atoms with Crippen LogP contribution in [0.25, 0.3) is 0 Å². The Morgan fingerprint density at radius 3 is 3.12 bits per heavy atom. The summed E-state index contributed by atoms with van der Waals surface area (Å²) < 4.78 is 5.92. The number of carbonyl (C=O) groups excluding carboxylic acids is 1. The van der Waals surface area contributed by atoms with Gasteiger partial charge in [-0.1, -0.05) is 11.6 Å². The van der Waals surface area contributed by atoms with E-state index in [2.05, 4.69) is 5.32 Å². The molecule has 0 bridgehead atoms. The highest BCUT2D eigenvalue weighted by Crippen LogP contribution is 2.21. The fraction of sp³-hybridized carbons (Fsp3) is 0.545. The SMILES string of the molecule is O=C(NCC[C@H]1CCOC1)c1ccc(Cl)s1. The van der Waals surface area contributed by atoms with Gasteiger partial charge >= 0.3 is 0 Å². The van der Waals surface area contributed by atoms with Crippen LogP contribution in [0.3, 0.4) is 0 Å². The van der Waals surface area contributed by atoms with Gasteiger partial charge in [0.25, 0.3) is 5.91 Å². The van der Waals surface area contributed by atoms with Crippen LogP contribution in [0, 0.1) is 5.92 Å². The molecule has 0 aliphatic carbocycles. The van der Waals surface area contributed by atoms with Crippen molar-refractivity contribution in [2.24, 2.45) is 5.92 Å². The number of nitrogens with one attached hydrogen (secondary N) is 1. The Labute approximate surface area is 104 Å². The zero-order chi connectivity index (χ0) is 11.4. The van der Waals surface area contributed by atoms with Crippen LogP contribution in [0.1, 0.15) is 22.5 Å². The first-order chi connectivity index (χ1) is 7.75. The second kappa shape index (κ2) is 5.66. The van der Waals surface area contributed by atoms with Gasteiger partial charge in [0.15, 0.2) is 0 Å². The molecule has 0 spiro atoms. The number of amides is 1. The summed E-state index contributed by atoms with van der Waals surface area (Å²) in [4.78, 5) is 12.3. The maximum atomic E-state index is 11.6. The number of hydrogen-bond donors (Lipinski definition) is 1. The topological polar surface area (TPSA) is 38.3 Å². The molecule has 16 heavy (non-hydrogen) atoms. The number of rotatable bonds is 4. The molecule has 1 fully saturated rings. The van der Waals surface area contributed by atoms with Gasteiger partial charge in [0, 0.05) is 19.8 Å². The van der Waals surface area contributed by atoms with Crippen molar-refractivity contribution in [3.8, 4) is 0 Å². The first-order valence-corrected chi connectivity index (χ1v) is 6.56. The van der Waals surface area contributed by atoms with Gasteiger partial charge in [-0.25, -0.2) is 0 Å². The van der Waals surface area contributed by atoms with Gasteiger partial charge in [-0.15, -0.1) is 11.3 Å². The van der Waals surface area contributed by atoms with Crippen LogP contribution in [0.5, 0.6) is 0 Å². The molecule has 1 aliphatic heterocycles. The first kappa shape index (κ1) is 11.9. The Morgan fingerprint density at radius 1 is 1.62 bits per heavy atom. The maximum absolute atomic E-state index is 11.6. The molecule has 0 saturated carbocycles. The van der Waals surface area contributed by atoms with E-state index in [1.165, 1.54) is 11.3 Å². The molecule has 5 heteroatoms. The van der Waals surface area contributed by atoms with Gasteiger partial charge in [0.2, 0.25) is 0 Å². The molecule has 1 N–H and O–H groups in total. The Kier molecular flexibility index (Phi) is 4.21. The van der Waals surface area contributed by atoms with Gasteiger partial charge in [-0.2, -0.15) is 0 Å². The van der Waals surface area contributed by atoms with Gasteiger partial charge in [-0.3, -0.25) is 4.79 Å². The molecule has 3 nitrogen and oxygen atoms in total. The summed E-state index contributed by atoms with van der Waals surface area (Å²) in [5.41, 5.74) is 0. The zero-order valence-corrected chi connectivity index (χ0v) is 10.4. The lowest BCUT2D eigenvalue weighted by molar-refractivity contribution is 0.0954. The van der Waals surface area contributed by atoms with E-state index in [4.69, 9.17) is 16.3 Å². The fourth-order valence-electron chi connectivity index (χ4n) is 1.72. The summed E-state index contributed by atoms with van der Waals surface area (Å²) in [6.45, 7) is 2.40. The van der Waals surface area contributed by atoms with Crippen molar-refractivity contribution in [1.29, 1.82) is 0 Å². The van der Waals surface area contributed by atoms with E-state index >= 15 is 0 Å². The average Bonchev–Trinajstić information content (AvgIpc) is 2.89. The highest BCUT2D eigenvalue weighted by atomic mass is 35.5. The lowest BCUT2D eigenvalue weighted by Gasteiger charge is -2.07. The minimum Gasteiger partial charge on any atom is -0.381 e. The lowest BCUT2D eigenvalue weighted by atomic mass is 10.1. The van der Waals surface area contributed by atoms with Crippen LogP contribution >= 0.6 is 22.9 Å². The number of hydrogen-bond acceptors (Lipinski definition) is 3. The number of halogens is 1. The van der Waals surface area contributed by atoms with E-state index in [0.717, 1.165) is 26.1 Å². The average molecular weight is 260 g/mol. The van der Waals surface area contributed by atoms with Crippen LogP contribution in [0.2, 0.25) is 4.34 Å². The molecule has 0 aromatic carbocycles. The van der Waals surface area contributed by atoms with Crippen LogP contribution in [0.4, 0.5) is 0 Å². The lowest BCUT2D eigenvalue weighted by Crippen LogP contribution is -2.25. The van der Waals surface area contributed by atoms with E-state index in [9.17, 15) is 4.79 Å². The molecule has 1 aliphatic rings. The van der Waals surface area contributed by atoms with Crippen molar-refractivity contribution in [1.82, 2.24) is 5.32 Å². The molecule has 88 valence electrons. The van der Waals surface area contributed by atoms with Gasteiger partial charge < -0.3 is 10.1 Å². The summed E-state index contributed by atoms with van der Waals surface area (Å²) in [6.07, 6.45) is 2.10. The zero-order valence-electron chi connectivity index (χ0n) is 8.87. The quantitative estimate of drug-likeness (QED) is 0.903. The molecular formula is C11H14ClNO2S. The number of thiophene rings is 1. The van der Waals surface area contributed by atoms with Crippen molar-refractivity contribution in [3.05, 3.63) is 21.3 Å². The van der Waals surface area contributed by atoms with Crippen molar-refractivity contribution in [2.75, 3.05) is 19.8 Å². The van der Waals surface area contributed by atoms with Crippen LogP contribution in [0.15, 0.2) is 12.1 Å². The van der Waals surface area contributed by atoms with Crippen LogP contribution < -0.4 is 5.32 Å². The standard InChI is InChI=1S/C11H14ClNO2S/c12-10-2-1-9(16-10)11(14)13-5-3-8-4-6-15-7-8/h1-2,8H,3-7H2,(H,13,14)/t8-/m0/s1. The van der Waals surface area contributed by atoms with Crippen molar-refractivity contribution < 1.29 is 9.53 Å². The van der Waals surface area contributed by atoms with E-state index in [1.54, 1.807) is 12.1 Å². The molecule has 1 atom stereocenters. The number of carbonyl (C=O) groups is 1. The molecular weight excluding hydrogens is 246 g/mol. The minimum atomic E-state index is -0.0317.